The number of hydrogen-bond acceptors (Lipinski definition) is 6. The minimum Gasteiger partial charge on any atom is -0.595 e. The van der Waals surface area contributed by atoms with Crippen molar-refractivity contribution in [3.63, 3.8) is 0 Å². The Labute approximate surface area is 150 Å². The minimum atomic E-state index is -3.89. The summed E-state index contributed by atoms with van der Waals surface area (Å²) in [5, 5.41) is 18.9. The van der Waals surface area contributed by atoms with Gasteiger partial charge < -0.3 is 9.94 Å². The molecule has 2 aromatic rings. The highest BCUT2D eigenvalue weighted by atomic mass is 32.2. The molecule has 138 valence electrons. The fourth-order valence-corrected chi connectivity index (χ4v) is 4.55. The van der Waals surface area contributed by atoms with Crippen LogP contribution in [-0.4, -0.2) is 37.1 Å². The first-order valence-corrected chi connectivity index (χ1v) is 9.22. The van der Waals surface area contributed by atoms with Gasteiger partial charge in [0.15, 0.2) is 5.69 Å². The molecular formula is C17H18N2O6S. The number of methoxy groups -OCH3 is 1. The second-order valence-corrected chi connectivity index (χ2v) is 7.83. The van der Waals surface area contributed by atoms with Crippen LogP contribution in [0.4, 0.5) is 5.69 Å². The summed E-state index contributed by atoms with van der Waals surface area (Å²) >= 11 is 0. The van der Waals surface area contributed by atoms with Gasteiger partial charge in [-0.1, -0.05) is 29.8 Å². The lowest BCUT2D eigenvalue weighted by Gasteiger charge is -2.11. The molecule has 0 aliphatic carbocycles. The maximum Gasteiger partial charge on any atom is 0.326 e. The van der Waals surface area contributed by atoms with Crippen LogP contribution in [0.15, 0.2) is 53.4 Å². The maximum absolute atomic E-state index is 12.9. The highest BCUT2D eigenvalue weighted by molar-refractivity contribution is 7.89. The van der Waals surface area contributed by atoms with Crippen molar-refractivity contribution in [3.8, 4) is 0 Å². The van der Waals surface area contributed by atoms with Gasteiger partial charge in [0.25, 0.3) is 0 Å². The number of esters is 1. The third kappa shape index (κ3) is 3.22. The van der Waals surface area contributed by atoms with Gasteiger partial charge in [0.2, 0.25) is 10.0 Å². The zero-order valence-electron chi connectivity index (χ0n) is 14.1. The van der Waals surface area contributed by atoms with E-state index in [-0.39, 0.29) is 10.6 Å². The van der Waals surface area contributed by atoms with Gasteiger partial charge >= 0.3 is 5.97 Å². The minimum absolute atomic E-state index is 0.0805. The molecule has 0 amide bonds. The Morgan fingerprint density at radius 3 is 2.23 bits per heavy atom. The molecule has 26 heavy (non-hydrogen) atoms. The molecule has 1 fully saturated rings. The lowest BCUT2D eigenvalue weighted by molar-refractivity contribution is -0.991. The van der Waals surface area contributed by atoms with Crippen LogP contribution in [-0.2, 0) is 19.6 Å². The number of rotatable bonds is 5. The molecule has 0 spiro atoms. The Balaban J connectivity index is 1.96. The lowest BCUT2D eigenvalue weighted by Crippen LogP contribution is -2.99. The quantitative estimate of drug-likeness (QED) is 0.450. The monoisotopic (exact) mass is 378 g/mol. The molecule has 1 aliphatic heterocycles. The molecule has 1 saturated heterocycles. The van der Waals surface area contributed by atoms with Crippen LogP contribution in [0.3, 0.4) is 0 Å². The topological polar surface area (TPSA) is 111 Å². The molecule has 4 unspecified atom stereocenters. The van der Waals surface area contributed by atoms with Gasteiger partial charge in [-0.05, 0) is 24.6 Å². The summed E-state index contributed by atoms with van der Waals surface area (Å²) in [7, 11) is -2.70. The number of sulfonamides is 1. The number of carbonyl (C=O) groups is 1. The molecule has 1 aliphatic rings. The van der Waals surface area contributed by atoms with Crippen molar-refractivity contribution in [1.29, 1.82) is 0 Å². The Morgan fingerprint density at radius 2 is 1.73 bits per heavy atom. The highest BCUT2D eigenvalue weighted by Gasteiger charge is 2.61. The van der Waals surface area contributed by atoms with Crippen LogP contribution in [0.1, 0.15) is 17.2 Å². The van der Waals surface area contributed by atoms with Crippen LogP contribution < -0.4 is 5.23 Å². The van der Waals surface area contributed by atoms with E-state index in [4.69, 9.17) is 9.94 Å². The summed E-state index contributed by atoms with van der Waals surface area (Å²) in [5.41, 5.74) is 1.53. The van der Waals surface area contributed by atoms with E-state index >= 15 is 0 Å². The number of nitrogens with zero attached hydrogens (tertiary/aromatic N) is 1. The van der Waals surface area contributed by atoms with Crippen LogP contribution in [0.5, 0.6) is 0 Å². The predicted molar refractivity (Wildman–Crippen MR) is 91.0 cm³/mol. The third-order valence-corrected chi connectivity index (χ3v) is 6.17. The Morgan fingerprint density at radius 1 is 1.15 bits per heavy atom. The van der Waals surface area contributed by atoms with Crippen molar-refractivity contribution in [1.82, 2.24) is 4.31 Å². The molecular weight excluding hydrogens is 360 g/mol. The molecule has 1 heterocycles. The highest BCUT2D eigenvalue weighted by Crippen LogP contribution is 2.48. The second-order valence-electron chi connectivity index (χ2n) is 5.99. The van der Waals surface area contributed by atoms with Crippen molar-refractivity contribution in [2.24, 2.45) is 0 Å². The van der Waals surface area contributed by atoms with E-state index in [1.54, 1.807) is 12.1 Å². The molecule has 0 radical (unpaired) electrons. The van der Waals surface area contributed by atoms with Gasteiger partial charge in [0.1, 0.15) is 6.04 Å². The molecule has 3 rings (SSSR count). The van der Waals surface area contributed by atoms with Crippen molar-refractivity contribution in [3.05, 3.63) is 64.9 Å². The van der Waals surface area contributed by atoms with E-state index in [0.29, 0.717) is 5.56 Å². The summed E-state index contributed by atoms with van der Waals surface area (Å²) < 4.78 is 31.7. The largest absolute Gasteiger partial charge is 0.595 e. The first-order chi connectivity index (χ1) is 12.3. The molecule has 0 aromatic heterocycles. The average molecular weight is 378 g/mol. The normalized spacial score (nSPS) is 23.3. The van der Waals surface area contributed by atoms with E-state index in [9.17, 15) is 18.4 Å². The van der Waals surface area contributed by atoms with Crippen LogP contribution in [0, 0.1) is 12.1 Å². The van der Waals surface area contributed by atoms with Crippen LogP contribution >= 0.6 is 0 Å². The van der Waals surface area contributed by atoms with Gasteiger partial charge in [-0.25, -0.2) is 13.6 Å². The summed E-state index contributed by atoms with van der Waals surface area (Å²) in [6.07, 6.45) is 0. The summed E-state index contributed by atoms with van der Waals surface area (Å²) in [6.45, 7) is 1.85. The number of quaternary nitrogens is 1. The Hall–Kier alpha value is -2.30. The van der Waals surface area contributed by atoms with Crippen molar-refractivity contribution in [2.45, 2.75) is 23.9 Å². The molecule has 4 atom stereocenters. The maximum atomic E-state index is 12.9. The predicted octanol–water partition coefficient (Wildman–Crippen LogP) is 0.686. The summed E-state index contributed by atoms with van der Waals surface area (Å²) in [4.78, 5) is 12.1. The number of nitrogens with one attached hydrogen (secondary N) is 1. The molecule has 2 aromatic carbocycles. The van der Waals surface area contributed by atoms with Gasteiger partial charge in [-0.3, -0.25) is 4.79 Å². The van der Waals surface area contributed by atoms with E-state index in [2.05, 4.69) is 0 Å². The molecule has 9 heteroatoms. The standard InChI is InChI=1S/C17H18N2O6S/c1-11-3-9-14(10-4-11)26(23,24)18-15(16(18)17(20)25-2)12-5-7-13(8-6-12)19(21)22/h3-10,15-16,19,21H,1-2H3. The smallest absolute Gasteiger partial charge is 0.326 e. The van der Waals surface area contributed by atoms with Gasteiger partial charge in [-0.2, -0.15) is 9.53 Å². The fourth-order valence-electron chi connectivity index (χ4n) is 2.85. The van der Waals surface area contributed by atoms with E-state index in [0.717, 1.165) is 9.87 Å². The van der Waals surface area contributed by atoms with Crippen LogP contribution in [0.2, 0.25) is 0 Å². The van der Waals surface area contributed by atoms with Crippen molar-refractivity contribution >= 4 is 21.7 Å². The summed E-state index contributed by atoms with van der Waals surface area (Å²) in [6, 6.07) is 10.4. The third-order valence-electron chi connectivity index (χ3n) is 4.30. The van der Waals surface area contributed by atoms with Crippen molar-refractivity contribution < 1.29 is 28.4 Å². The van der Waals surface area contributed by atoms with Gasteiger partial charge in [0.05, 0.1) is 18.0 Å². The Kier molecular flexibility index (Phi) is 4.82. The molecule has 0 bridgehead atoms. The Bertz CT molecular complexity index is 909. The fraction of sp³-hybridized carbons (Fsp3) is 0.235. The lowest BCUT2D eigenvalue weighted by atomic mass is 10.1. The van der Waals surface area contributed by atoms with E-state index in [1.807, 2.05) is 6.92 Å². The molecule has 0 saturated carbocycles. The SMILES string of the molecule is COC(=O)C1C(c2ccc([NH+]([O-])O)cc2)N1S(=O)(=O)c1ccc(C)cc1. The van der Waals surface area contributed by atoms with Crippen molar-refractivity contribution in [2.75, 3.05) is 7.11 Å². The number of hydrogen-bond donors (Lipinski definition) is 2. The number of carbonyl (C=O) groups excluding carboxylic acids is 1. The number of aryl methyl sites for hydroxylation is 1. The molecule has 2 N–H and O–H groups in total. The molecule has 8 nitrogen and oxygen atoms in total. The second kappa shape index (κ2) is 6.78. The van der Waals surface area contributed by atoms with Crippen LogP contribution in [0.25, 0.3) is 0 Å². The first-order valence-electron chi connectivity index (χ1n) is 7.78. The van der Waals surface area contributed by atoms with Gasteiger partial charge in [0, 0.05) is 12.1 Å². The van der Waals surface area contributed by atoms with Gasteiger partial charge in [-0.15, -0.1) is 0 Å². The zero-order chi connectivity index (χ0) is 19.1. The summed E-state index contributed by atoms with van der Waals surface area (Å²) in [5.74, 6) is -0.659. The first kappa shape index (κ1) is 18.5. The number of ether oxygens (including phenoxy) is 1. The van der Waals surface area contributed by atoms with E-state index < -0.39 is 33.3 Å². The number of benzene rings is 2. The van der Waals surface area contributed by atoms with E-state index in [1.165, 1.54) is 43.5 Å². The zero-order valence-corrected chi connectivity index (χ0v) is 14.9. The average Bonchev–Trinajstić information content (AvgIpc) is 3.38.